The number of aromatic amines is 1. The van der Waals surface area contributed by atoms with Crippen molar-refractivity contribution in [2.45, 2.75) is 19.3 Å². The molecule has 0 saturated carbocycles. The number of benzene rings is 1. The minimum absolute atomic E-state index is 0.112. The van der Waals surface area contributed by atoms with Crippen LogP contribution in [0.3, 0.4) is 0 Å². The van der Waals surface area contributed by atoms with Crippen LogP contribution in [0, 0.1) is 0 Å². The Labute approximate surface area is 166 Å². The van der Waals surface area contributed by atoms with E-state index in [9.17, 15) is 4.79 Å². The molecule has 140 valence electrons. The number of rotatable bonds is 3. The van der Waals surface area contributed by atoms with Crippen molar-refractivity contribution in [3.63, 3.8) is 0 Å². The van der Waals surface area contributed by atoms with Crippen molar-refractivity contribution in [1.82, 2.24) is 15.0 Å². The van der Waals surface area contributed by atoms with Crippen LogP contribution in [0.1, 0.15) is 19.3 Å². The third kappa shape index (κ3) is 3.20. The average Bonchev–Trinajstić information content (AvgIpc) is 3.24. The van der Waals surface area contributed by atoms with Crippen molar-refractivity contribution in [3.05, 3.63) is 64.4 Å². The largest absolute Gasteiger partial charge is 0.357 e. The summed E-state index contributed by atoms with van der Waals surface area (Å²) >= 11 is 1.56. The highest BCUT2D eigenvalue weighted by atomic mass is 32.1. The highest BCUT2D eigenvalue weighted by Crippen LogP contribution is 2.30. The van der Waals surface area contributed by atoms with Crippen LogP contribution in [-0.4, -0.2) is 28.0 Å². The third-order valence-corrected chi connectivity index (χ3v) is 6.10. The van der Waals surface area contributed by atoms with E-state index in [2.05, 4.69) is 20.9 Å². The Kier molecular flexibility index (Phi) is 4.41. The lowest BCUT2D eigenvalue weighted by Crippen LogP contribution is -2.30. The molecule has 1 aliphatic heterocycles. The van der Waals surface area contributed by atoms with Crippen molar-refractivity contribution in [3.8, 4) is 21.8 Å². The van der Waals surface area contributed by atoms with Gasteiger partial charge in [0.2, 0.25) is 0 Å². The van der Waals surface area contributed by atoms with Gasteiger partial charge in [0.15, 0.2) is 0 Å². The molecule has 5 rings (SSSR count). The Morgan fingerprint density at radius 2 is 1.89 bits per heavy atom. The highest BCUT2D eigenvalue weighted by Gasteiger charge is 2.15. The van der Waals surface area contributed by atoms with E-state index in [1.165, 1.54) is 19.3 Å². The van der Waals surface area contributed by atoms with Crippen LogP contribution < -0.4 is 10.5 Å². The predicted octanol–water partition coefficient (Wildman–Crippen LogP) is 4.70. The first-order chi connectivity index (χ1) is 13.8. The van der Waals surface area contributed by atoms with Crippen LogP contribution in [0.15, 0.2) is 58.8 Å². The van der Waals surface area contributed by atoms with Crippen molar-refractivity contribution < 1.29 is 0 Å². The maximum absolute atomic E-state index is 12.5. The molecule has 1 saturated heterocycles. The Morgan fingerprint density at radius 1 is 1.04 bits per heavy atom. The zero-order chi connectivity index (χ0) is 18.9. The van der Waals surface area contributed by atoms with Crippen LogP contribution in [0.4, 0.5) is 5.82 Å². The van der Waals surface area contributed by atoms with E-state index in [0.29, 0.717) is 11.3 Å². The molecule has 1 aromatic carbocycles. The first-order valence-corrected chi connectivity index (χ1v) is 10.5. The summed E-state index contributed by atoms with van der Waals surface area (Å²) < 4.78 is 0. The second kappa shape index (κ2) is 7.20. The number of pyridine rings is 2. The predicted molar refractivity (Wildman–Crippen MR) is 115 cm³/mol. The minimum atomic E-state index is -0.112. The Balaban J connectivity index is 1.50. The van der Waals surface area contributed by atoms with Gasteiger partial charge in [0.05, 0.1) is 11.3 Å². The van der Waals surface area contributed by atoms with E-state index in [4.69, 9.17) is 4.98 Å². The highest BCUT2D eigenvalue weighted by molar-refractivity contribution is 7.13. The molecule has 1 fully saturated rings. The topological polar surface area (TPSA) is 61.9 Å². The van der Waals surface area contributed by atoms with Gasteiger partial charge in [-0.1, -0.05) is 18.2 Å². The quantitative estimate of drug-likeness (QED) is 0.552. The molecular formula is C22H20N4OS. The molecule has 0 spiro atoms. The molecule has 0 atom stereocenters. The number of fused-ring (bicyclic) bond motifs is 1. The molecule has 4 aromatic rings. The zero-order valence-electron chi connectivity index (χ0n) is 15.4. The van der Waals surface area contributed by atoms with Crippen LogP contribution in [0.2, 0.25) is 0 Å². The standard InChI is InChI=1S/C22H20N4OS/c27-21-17(12-15-6-2-3-7-18(15)24-21)19-14-28-22(25-19)16-8-9-23-20(13-16)26-10-4-1-5-11-26/h2-3,6-9,12-14H,1,4-5,10-11H2,(H,24,27). The maximum atomic E-state index is 12.5. The Hall–Kier alpha value is -2.99. The molecule has 28 heavy (non-hydrogen) atoms. The van der Waals surface area contributed by atoms with Gasteiger partial charge < -0.3 is 9.88 Å². The molecule has 0 aliphatic carbocycles. The third-order valence-electron chi connectivity index (χ3n) is 5.21. The summed E-state index contributed by atoms with van der Waals surface area (Å²) in [6, 6.07) is 13.8. The number of hydrogen-bond acceptors (Lipinski definition) is 5. The zero-order valence-corrected chi connectivity index (χ0v) is 16.2. The molecule has 0 unspecified atom stereocenters. The molecule has 1 N–H and O–H groups in total. The first kappa shape index (κ1) is 17.1. The Bertz CT molecular complexity index is 1190. The van der Waals surface area contributed by atoms with Crippen LogP contribution in [0.25, 0.3) is 32.7 Å². The molecule has 0 bridgehead atoms. The number of nitrogens with one attached hydrogen (secondary N) is 1. The van der Waals surface area contributed by atoms with Gasteiger partial charge in [-0.2, -0.15) is 0 Å². The van der Waals surface area contributed by atoms with Gasteiger partial charge in [-0.15, -0.1) is 11.3 Å². The van der Waals surface area contributed by atoms with Gasteiger partial charge in [0.25, 0.3) is 5.56 Å². The van der Waals surface area contributed by atoms with Crippen molar-refractivity contribution in [2.75, 3.05) is 18.0 Å². The van der Waals surface area contributed by atoms with E-state index in [-0.39, 0.29) is 5.56 Å². The van der Waals surface area contributed by atoms with E-state index in [0.717, 1.165) is 40.4 Å². The van der Waals surface area contributed by atoms with Gasteiger partial charge in [0.1, 0.15) is 10.8 Å². The van der Waals surface area contributed by atoms with Gasteiger partial charge in [-0.05, 0) is 48.9 Å². The minimum Gasteiger partial charge on any atom is -0.357 e. The number of H-pyrrole nitrogens is 1. The molecular weight excluding hydrogens is 368 g/mol. The monoisotopic (exact) mass is 388 g/mol. The van der Waals surface area contributed by atoms with Gasteiger partial charge in [-0.3, -0.25) is 4.79 Å². The van der Waals surface area contributed by atoms with Crippen LogP contribution in [0.5, 0.6) is 0 Å². The van der Waals surface area contributed by atoms with E-state index < -0.39 is 0 Å². The average molecular weight is 388 g/mol. The summed E-state index contributed by atoms with van der Waals surface area (Å²) in [4.78, 5) is 27.1. The maximum Gasteiger partial charge on any atom is 0.257 e. The first-order valence-electron chi connectivity index (χ1n) is 9.57. The van der Waals surface area contributed by atoms with Crippen molar-refractivity contribution in [1.29, 1.82) is 0 Å². The van der Waals surface area contributed by atoms with E-state index >= 15 is 0 Å². The number of hydrogen-bond donors (Lipinski definition) is 1. The summed E-state index contributed by atoms with van der Waals surface area (Å²) in [5.74, 6) is 1.01. The summed E-state index contributed by atoms with van der Waals surface area (Å²) in [7, 11) is 0. The lowest BCUT2D eigenvalue weighted by Gasteiger charge is -2.27. The van der Waals surface area contributed by atoms with Crippen LogP contribution in [-0.2, 0) is 0 Å². The molecule has 3 aromatic heterocycles. The molecule has 0 amide bonds. The summed E-state index contributed by atoms with van der Waals surface area (Å²) in [5.41, 5.74) is 3.09. The van der Waals surface area contributed by atoms with Gasteiger partial charge >= 0.3 is 0 Å². The summed E-state index contributed by atoms with van der Waals surface area (Å²) in [5, 5.41) is 3.86. The molecule has 5 nitrogen and oxygen atoms in total. The molecule has 4 heterocycles. The lowest BCUT2D eigenvalue weighted by atomic mass is 10.1. The normalized spacial score (nSPS) is 14.5. The van der Waals surface area contributed by atoms with E-state index in [1.807, 2.05) is 48.0 Å². The van der Waals surface area contributed by atoms with Crippen molar-refractivity contribution in [2.24, 2.45) is 0 Å². The second-order valence-corrected chi connectivity index (χ2v) is 7.95. The molecule has 0 radical (unpaired) electrons. The molecule has 1 aliphatic rings. The SMILES string of the molecule is O=c1[nH]c2ccccc2cc1-c1csc(-c2ccnc(N3CCCCC3)c2)n1. The fourth-order valence-corrected chi connectivity index (χ4v) is 4.53. The Morgan fingerprint density at radius 3 is 2.79 bits per heavy atom. The number of nitrogens with zero attached hydrogens (tertiary/aromatic N) is 3. The number of piperidine rings is 1. The second-order valence-electron chi connectivity index (χ2n) is 7.09. The molecule has 6 heteroatoms. The lowest BCUT2D eigenvalue weighted by molar-refractivity contribution is 0.573. The van der Waals surface area contributed by atoms with E-state index in [1.54, 1.807) is 11.3 Å². The summed E-state index contributed by atoms with van der Waals surface area (Å²) in [6.07, 6.45) is 5.59. The number of thiazole rings is 1. The fourth-order valence-electron chi connectivity index (χ4n) is 3.72. The number of para-hydroxylation sites is 1. The summed E-state index contributed by atoms with van der Waals surface area (Å²) in [6.45, 7) is 2.12. The van der Waals surface area contributed by atoms with Gasteiger partial charge in [0, 0.05) is 35.7 Å². The van der Waals surface area contributed by atoms with Crippen LogP contribution >= 0.6 is 11.3 Å². The number of anilines is 1. The fraction of sp³-hybridized carbons (Fsp3) is 0.227. The van der Waals surface area contributed by atoms with Crippen molar-refractivity contribution >= 4 is 28.1 Å². The smallest absolute Gasteiger partial charge is 0.257 e. The number of aromatic nitrogens is 3. The van der Waals surface area contributed by atoms with Gasteiger partial charge in [-0.25, -0.2) is 9.97 Å².